The maximum atomic E-state index is 12.1. The van der Waals surface area contributed by atoms with Crippen LogP contribution in [-0.2, 0) is 0 Å². The van der Waals surface area contributed by atoms with Crippen LogP contribution in [0.2, 0.25) is 0 Å². The monoisotopic (exact) mass is 233 g/mol. The second-order valence-electron chi connectivity index (χ2n) is 5.13. The highest BCUT2D eigenvalue weighted by molar-refractivity contribution is 5.95. The summed E-state index contributed by atoms with van der Waals surface area (Å²) in [4.78, 5) is 16.2. The number of nitrogens with one attached hydrogen (secondary N) is 2. The predicted molar refractivity (Wildman–Crippen MR) is 68.1 cm³/mol. The highest BCUT2D eigenvalue weighted by Crippen LogP contribution is 2.39. The summed E-state index contributed by atoms with van der Waals surface area (Å²) in [7, 11) is 1.79. The van der Waals surface area contributed by atoms with Crippen molar-refractivity contribution in [1.29, 1.82) is 0 Å². The van der Waals surface area contributed by atoms with Gasteiger partial charge in [-0.3, -0.25) is 4.79 Å². The maximum Gasteiger partial charge on any atom is 0.251 e. The molecule has 1 aromatic rings. The van der Waals surface area contributed by atoms with Crippen LogP contribution in [-0.4, -0.2) is 23.5 Å². The van der Waals surface area contributed by atoms with Crippen LogP contribution in [0.5, 0.6) is 0 Å². The fourth-order valence-corrected chi connectivity index (χ4v) is 1.98. The van der Waals surface area contributed by atoms with Crippen molar-refractivity contribution in [1.82, 2.24) is 10.3 Å². The van der Waals surface area contributed by atoms with Crippen LogP contribution in [0.1, 0.15) is 37.0 Å². The summed E-state index contributed by atoms with van der Waals surface area (Å²) in [5.41, 5.74) is 0.540. The van der Waals surface area contributed by atoms with E-state index in [2.05, 4.69) is 29.5 Å². The van der Waals surface area contributed by atoms with Crippen molar-refractivity contribution >= 4 is 11.7 Å². The van der Waals surface area contributed by atoms with Crippen LogP contribution in [0.3, 0.4) is 0 Å². The molecule has 1 aromatic heterocycles. The maximum absolute atomic E-state index is 12.1. The third-order valence-electron chi connectivity index (χ3n) is 3.31. The summed E-state index contributed by atoms with van der Waals surface area (Å²) >= 11 is 0. The van der Waals surface area contributed by atoms with Gasteiger partial charge in [0, 0.05) is 24.3 Å². The van der Waals surface area contributed by atoms with Gasteiger partial charge in [-0.2, -0.15) is 0 Å². The SMILES string of the molecule is CNc1cc(C(=O)NC(C)(C)C2CC2)ccn1. The highest BCUT2D eigenvalue weighted by Gasteiger charge is 2.38. The molecule has 4 heteroatoms. The quantitative estimate of drug-likeness (QED) is 0.836. The van der Waals surface area contributed by atoms with E-state index in [1.54, 1.807) is 25.4 Å². The summed E-state index contributed by atoms with van der Waals surface area (Å²) in [6.45, 7) is 4.17. The van der Waals surface area contributed by atoms with E-state index >= 15 is 0 Å². The lowest BCUT2D eigenvalue weighted by Crippen LogP contribution is -2.45. The zero-order valence-corrected chi connectivity index (χ0v) is 10.6. The average Bonchev–Trinajstić information content (AvgIpc) is 3.12. The van der Waals surface area contributed by atoms with Gasteiger partial charge >= 0.3 is 0 Å². The van der Waals surface area contributed by atoms with E-state index in [1.807, 2.05) is 0 Å². The number of hydrogen-bond acceptors (Lipinski definition) is 3. The molecule has 0 spiro atoms. The van der Waals surface area contributed by atoms with Gasteiger partial charge in [-0.25, -0.2) is 4.98 Å². The van der Waals surface area contributed by atoms with E-state index in [0.29, 0.717) is 17.3 Å². The molecule has 0 aliphatic heterocycles. The smallest absolute Gasteiger partial charge is 0.251 e. The van der Waals surface area contributed by atoms with Crippen LogP contribution in [0.4, 0.5) is 5.82 Å². The molecule has 0 radical (unpaired) electrons. The molecule has 2 N–H and O–H groups in total. The molecular formula is C13H19N3O. The van der Waals surface area contributed by atoms with Gasteiger partial charge in [0.15, 0.2) is 0 Å². The standard InChI is InChI=1S/C13H19N3O/c1-13(2,10-4-5-10)16-12(17)9-6-7-15-11(8-9)14-3/h6-8,10H,4-5H2,1-3H3,(H,14,15)(H,16,17). The Balaban J connectivity index is 2.08. The molecule has 92 valence electrons. The molecule has 1 aliphatic carbocycles. The first-order chi connectivity index (χ1) is 8.03. The first-order valence-corrected chi connectivity index (χ1v) is 5.99. The minimum Gasteiger partial charge on any atom is -0.373 e. The Morgan fingerprint density at radius 3 is 2.76 bits per heavy atom. The number of aromatic nitrogens is 1. The van der Waals surface area contributed by atoms with Gasteiger partial charge in [-0.15, -0.1) is 0 Å². The molecule has 1 saturated carbocycles. The van der Waals surface area contributed by atoms with E-state index in [0.717, 1.165) is 0 Å². The van der Waals surface area contributed by atoms with E-state index < -0.39 is 0 Å². The summed E-state index contributed by atoms with van der Waals surface area (Å²) < 4.78 is 0. The van der Waals surface area contributed by atoms with E-state index in [9.17, 15) is 4.79 Å². The van der Waals surface area contributed by atoms with Gasteiger partial charge in [0.2, 0.25) is 0 Å². The Bertz CT molecular complexity index is 424. The van der Waals surface area contributed by atoms with E-state index in [-0.39, 0.29) is 11.4 Å². The Kier molecular flexibility index (Phi) is 3.05. The minimum atomic E-state index is -0.111. The van der Waals surface area contributed by atoms with Crippen LogP contribution >= 0.6 is 0 Å². The zero-order valence-electron chi connectivity index (χ0n) is 10.6. The lowest BCUT2D eigenvalue weighted by Gasteiger charge is -2.26. The first kappa shape index (κ1) is 11.9. The summed E-state index contributed by atoms with van der Waals surface area (Å²) in [5.74, 6) is 1.31. The van der Waals surface area contributed by atoms with Gasteiger partial charge in [0.25, 0.3) is 5.91 Å². The number of nitrogens with zero attached hydrogens (tertiary/aromatic N) is 1. The minimum absolute atomic E-state index is 0.0270. The van der Waals surface area contributed by atoms with Crippen LogP contribution in [0, 0.1) is 5.92 Å². The van der Waals surface area contributed by atoms with Gasteiger partial charge in [-0.05, 0) is 44.7 Å². The zero-order chi connectivity index (χ0) is 12.5. The van der Waals surface area contributed by atoms with Crippen molar-refractivity contribution in [3.63, 3.8) is 0 Å². The predicted octanol–water partition coefficient (Wildman–Crippen LogP) is 2.04. The van der Waals surface area contributed by atoms with Crippen molar-refractivity contribution in [3.05, 3.63) is 23.9 Å². The van der Waals surface area contributed by atoms with Crippen molar-refractivity contribution in [2.75, 3.05) is 12.4 Å². The Labute approximate surface area is 102 Å². The number of carbonyl (C=O) groups excluding carboxylic acids is 1. The normalized spacial score (nSPS) is 15.5. The number of carbonyl (C=O) groups is 1. The van der Waals surface area contributed by atoms with Gasteiger partial charge in [0.05, 0.1) is 0 Å². The second kappa shape index (κ2) is 4.35. The second-order valence-corrected chi connectivity index (χ2v) is 5.13. The van der Waals surface area contributed by atoms with E-state index in [1.165, 1.54) is 12.8 Å². The first-order valence-electron chi connectivity index (χ1n) is 5.99. The Morgan fingerprint density at radius 1 is 1.47 bits per heavy atom. The lowest BCUT2D eigenvalue weighted by molar-refractivity contribution is 0.0903. The number of amides is 1. The molecule has 1 amide bonds. The number of hydrogen-bond donors (Lipinski definition) is 2. The summed E-state index contributed by atoms with van der Waals surface area (Å²) in [5, 5.41) is 6.02. The molecular weight excluding hydrogens is 214 g/mol. The molecule has 1 fully saturated rings. The molecule has 1 aliphatic rings. The van der Waals surface area contributed by atoms with Crippen molar-refractivity contribution in [2.24, 2.45) is 5.92 Å². The summed E-state index contributed by atoms with van der Waals surface area (Å²) in [6, 6.07) is 3.50. The fraction of sp³-hybridized carbons (Fsp3) is 0.538. The molecule has 4 nitrogen and oxygen atoms in total. The van der Waals surface area contributed by atoms with Crippen LogP contribution in [0.25, 0.3) is 0 Å². The average molecular weight is 233 g/mol. The molecule has 2 rings (SSSR count). The number of rotatable bonds is 4. The highest BCUT2D eigenvalue weighted by atomic mass is 16.1. The Morgan fingerprint density at radius 2 is 2.18 bits per heavy atom. The summed E-state index contributed by atoms with van der Waals surface area (Å²) in [6.07, 6.45) is 4.07. The number of pyridine rings is 1. The van der Waals surface area contributed by atoms with Crippen molar-refractivity contribution in [2.45, 2.75) is 32.2 Å². The molecule has 0 atom stereocenters. The van der Waals surface area contributed by atoms with Crippen molar-refractivity contribution in [3.8, 4) is 0 Å². The van der Waals surface area contributed by atoms with E-state index in [4.69, 9.17) is 0 Å². The van der Waals surface area contributed by atoms with Crippen LogP contribution < -0.4 is 10.6 Å². The lowest BCUT2D eigenvalue weighted by atomic mass is 9.98. The Hall–Kier alpha value is -1.58. The van der Waals surface area contributed by atoms with Gasteiger partial charge in [0.1, 0.15) is 5.82 Å². The molecule has 17 heavy (non-hydrogen) atoms. The third kappa shape index (κ3) is 2.75. The topological polar surface area (TPSA) is 54.0 Å². The van der Waals surface area contributed by atoms with Crippen molar-refractivity contribution < 1.29 is 4.79 Å². The van der Waals surface area contributed by atoms with Crippen LogP contribution in [0.15, 0.2) is 18.3 Å². The molecule has 1 heterocycles. The third-order valence-corrected chi connectivity index (χ3v) is 3.31. The van der Waals surface area contributed by atoms with Gasteiger partial charge < -0.3 is 10.6 Å². The fourth-order valence-electron chi connectivity index (χ4n) is 1.98. The molecule has 0 saturated heterocycles. The number of anilines is 1. The van der Waals surface area contributed by atoms with Gasteiger partial charge in [-0.1, -0.05) is 0 Å². The largest absolute Gasteiger partial charge is 0.373 e. The molecule has 0 aromatic carbocycles. The molecule has 0 unspecified atom stereocenters. The molecule has 0 bridgehead atoms.